The highest BCUT2D eigenvalue weighted by Gasteiger charge is 2.41. The molecule has 0 saturated heterocycles. The number of carbonyl (C=O) groups excluding carboxylic acids is 2. The van der Waals surface area contributed by atoms with Gasteiger partial charge < -0.3 is 0 Å². The summed E-state index contributed by atoms with van der Waals surface area (Å²) in [6.07, 6.45) is 6.29. The number of rotatable bonds is 2. The van der Waals surface area contributed by atoms with Gasteiger partial charge in [-0.2, -0.15) is 0 Å². The maximum Gasteiger partial charge on any atom is 0.235 e. The van der Waals surface area contributed by atoms with Crippen molar-refractivity contribution in [3.63, 3.8) is 0 Å². The quantitative estimate of drug-likeness (QED) is 0.843. The Balaban J connectivity index is 1.88. The maximum absolute atomic E-state index is 12.9. The Morgan fingerprint density at radius 1 is 1.23 bits per heavy atom. The van der Waals surface area contributed by atoms with Gasteiger partial charge in [-0.3, -0.25) is 19.1 Å². The molecule has 0 amide bonds. The number of hydrogen-bond donors (Lipinski definition) is 0. The summed E-state index contributed by atoms with van der Waals surface area (Å²) >= 11 is 0. The van der Waals surface area contributed by atoms with Gasteiger partial charge in [0.25, 0.3) is 0 Å². The highest BCUT2D eigenvalue weighted by Crippen LogP contribution is 2.40. The second-order valence-corrected chi connectivity index (χ2v) is 6.89. The topological polar surface area (TPSA) is 51.4 Å². The molecule has 2 saturated carbocycles. The number of fused-ring (bicyclic) bond motifs is 2. The van der Waals surface area contributed by atoms with Crippen molar-refractivity contribution in [3.8, 4) is 0 Å². The van der Waals surface area contributed by atoms with Gasteiger partial charge in [-0.1, -0.05) is 12.5 Å². The first-order chi connectivity index (χ1) is 10.6. The fourth-order valence-electron chi connectivity index (χ4n) is 3.87. The van der Waals surface area contributed by atoms with E-state index in [-0.39, 0.29) is 29.7 Å². The van der Waals surface area contributed by atoms with Crippen LogP contribution in [0.15, 0.2) is 29.4 Å². The minimum atomic E-state index is -0.0403. The van der Waals surface area contributed by atoms with Crippen LogP contribution in [0, 0.1) is 17.8 Å². The molecule has 2 atom stereocenters. The third-order valence-corrected chi connectivity index (χ3v) is 4.86. The number of nitrogens with zero attached hydrogens (tertiary/aromatic N) is 2. The summed E-state index contributed by atoms with van der Waals surface area (Å²) in [5.41, 5.74) is 0.713. The predicted octanol–water partition coefficient (Wildman–Crippen LogP) is 2.83. The standard InChI is InChI=1S/C18H24N2O2/c1-12(2)19-16-8-3-4-9-20(16)18(22)15-10-13-6-5-7-14(11-15)17(13)21/h3-4,8-9,12-15H,5-7,10-11H2,1-2H3. The van der Waals surface area contributed by atoms with E-state index in [9.17, 15) is 9.59 Å². The van der Waals surface area contributed by atoms with Crippen LogP contribution in [0.1, 0.15) is 50.7 Å². The molecule has 1 aromatic heterocycles. The van der Waals surface area contributed by atoms with Gasteiger partial charge in [0.05, 0.1) is 0 Å². The van der Waals surface area contributed by atoms with Crippen LogP contribution in [0.4, 0.5) is 0 Å². The number of Topliss-reactive ketones (excluding diaryl/α,β-unsaturated/α-hetero) is 1. The minimum absolute atomic E-state index is 0.0403. The zero-order valence-corrected chi connectivity index (χ0v) is 13.4. The Bertz CT molecular complexity index is 628. The Hall–Kier alpha value is -1.71. The number of ketones is 1. The van der Waals surface area contributed by atoms with Gasteiger partial charge in [0.2, 0.25) is 5.91 Å². The van der Waals surface area contributed by atoms with Crippen LogP contribution in [0.25, 0.3) is 0 Å². The fraction of sp³-hybridized carbons (Fsp3) is 0.611. The Morgan fingerprint density at radius 3 is 2.55 bits per heavy atom. The van der Waals surface area contributed by atoms with Gasteiger partial charge in [0.1, 0.15) is 11.3 Å². The molecule has 0 aliphatic heterocycles. The third-order valence-electron chi connectivity index (χ3n) is 4.86. The van der Waals surface area contributed by atoms with Crippen LogP contribution in [0.3, 0.4) is 0 Å². The van der Waals surface area contributed by atoms with Gasteiger partial charge in [-0.15, -0.1) is 0 Å². The molecule has 3 rings (SSSR count). The van der Waals surface area contributed by atoms with E-state index in [2.05, 4.69) is 4.99 Å². The normalized spacial score (nSPS) is 29.0. The summed E-state index contributed by atoms with van der Waals surface area (Å²) in [6.45, 7) is 4.01. The average molecular weight is 300 g/mol. The molecule has 4 heteroatoms. The molecule has 4 nitrogen and oxygen atoms in total. The monoisotopic (exact) mass is 300 g/mol. The van der Waals surface area contributed by atoms with Crippen molar-refractivity contribution in [1.82, 2.24) is 4.57 Å². The molecular weight excluding hydrogens is 276 g/mol. The van der Waals surface area contributed by atoms with Crippen molar-refractivity contribution >= 4 is 11.7 Å². The molecule has 0 radical (unpaired) electrons. The van der Waals surface area contributed by atoms with Crippen LogP contribution >= 0.6 is 0 Å². The third kappa shape index (κ3) is 2.92. The lowest BCUT2D eigenvalue weighted by atomic mass is 9.67. The number of aromatic nitrogens is 1. The van der Waals surface area contributed by atoms with E-state index in [1.165, 1.54) is 0 Å². The van der Waals surface area contributed by atoms with Crippen LogP contribution in [-0.2, 0) is 4.79 Å². The molecule has 2 bridgehead atoms. The number of hydrogen-bond acceptors (Lipinski definition) is 3. The zero-order chi connectivity index (χ0) is 15.7. The van der Waals surface area contributed by atoms with E-state index in [0.717, 1.165) is 32.1 Å². The molecule has 22 heavy (non-hydrogen) atoms. The molecule has 0 aromatic carbocycles. The lowest BCUT2D eigenvalue weighted by Crippen LogP contribution is -2.42. The minimum Gasteiger partial charge on any atom is -0.299 e. The van der Waals surface area contributed by atoms with Crippen LogP contribution in [0.5, 0.6) is 0 Å². The second-order valence-electron chi connectivity index (χ2n) is 6.89. The van der Waals surface area contributed by atoms with Crippen molar-refractivity contribution in [2.75, 3.05) is 0 Å². The Labute approximate surface area is 131 Å². The first-order valence-electron chi connectivity index (χ1n) is 8.35. The number of carbonyl (C=O) groups is 2. The highest BCUT2D eigenvalue weighted by molar-refractivity contribution is 5.89. The van der Waals surface area contributed by atoms with Crippen LogP contribution in [0.2, 0.25) is 0 Å². The van der Waals surface area contributed by atoms with Gasteiger partial charge in [0, 0.05) is 30.0 Å². The molecule has 118 valence electrons. The molecule has 2 aliphatic rings. The predicted molar refractivity (Wildman–Crippen MR) is 84.3 cm³/mol. The van der Waals surface area contributed by atoms with Crippen molar-refractivity contribution in [2.24, 2.45) is 22.7 Å². The van der Waals surface area contributed by atoms with E-state index < -0.39 is 0 Å². The summed E-state index contributed by atoms with van der Waals surface area (Å²) in [5.74, 6) is 0.680. The van der Waals surface area contributed by atoms with Gasteiger partial charge in [-0.05, 0) is 51.7 Å². The Morgan fingerprint density at radius 2 is 1.91 bits per heavy atom. The fourth-order valence-corrected chi connectivity index (χ4v) is 3.87. The highest BCUT2D eigenvalue weighted by atomic mass is 16.2. The summed E-state index contributed by atoms with van der Waals surface area (Å²) in [7, 11) is 0. The summed E-state index contributed by atoms with van der Waals surface area (Å²) in [4.78, 5) is 29.7. The summed E-state index contributed by atoms with van der Waals surface area (Å²) in [6, 6.07) is 5.80. The molecule has 1 aromatic rings. The maximum atomic E-state index is 12.9. The van der Waals surface area contributed by atoms with Crippen LogP contribution < -0.4 is 5.49 Å². The molecule has 2 aliphatic carbocycles. The first kappa shape index (κ1) is 15.2. The Kier molecular flexibility index (Phi) is 4.27. The van der Waals surface area contributed by atoms with Crippen molar-refractivity contribution in [3.05, 3.63) is 29.9 Å². The van der Waals surface area contributed by atoms with E-state index in [1.54, 1.807) is 10.8 Å². The van der Waals surface area contributed by atoms with E-state index in [0.29, 0.717) is 11.3 Å². The van der Waals surface area contributed by atoms with E-state index in [1.807, 2.05) is 32.0 Å². The zero-order valence-electron chi connectivity index (χ0n) is 13.4. The van der Waals surface area contributed by atoms with Gasteiger partial charge in [0.15, 0.2) is 0 Å². The smallest absolute Gasteiger partial charge is 0.235 e. The van der Waals surface area contributed by atoms with E-state index in [4.69, 9.17) is 0 Å². The second kappa shape index (κ2) is 6.19. The first-order valence-corrected chi connectivity index (χ1v) is 8.35. The molecule has 0 N–H and O–H groups in total. The van der Waals surface area contributed by atoms with Gasteiger partial charge >= 0.3 is 0 Å². The molecule has 2 unspecified atom stereocenters. The van der Waals surface area contributed by atoms with Crippen molar-refractivity contribution < 1.29 is 9.59 Å². The lowest BCUT2D eigenvalue weighted by Gasteiger charge is -2.37. The summed E-state index contributed by atoms with van der Waals surface area (Å²) in [5, 5.41) is 0. The molecule has 2 fully saturated rings. The van der Waals surface area contributed by atoms with Crippen molar-refractivity contribution in [1.29, 1.82) is 0 Å². The van der Waals surface area contributed by atoms with E-state index >= 15 is 0 Å². The summed E-state index contributed by atoms with van der Waals surface area (Å²) < 4.78 is 1.68. The SMILES string of the molecule is CC(C)N=c1ccccn1C(=O)C1CC2CCCC(C1)C2=O. The lowest BCUT2D eigenvalue weighted by molar-refractivity contribution is -0.132. The number of pyridine rings is 1. The van der Waals surface area contributed by atoms with Gasteiger partial charge in [-0.25, -0.2) is 0 Å². The molecular formula is C18H24N2O2. The van der Waals surface area contributed by atoms with Crippen molar-refractivity contribution in [2.45, 2.75) is 52.0 Å². The molecule has 1 heterocycles. The molecule has 0 spiro atoms. The average Bonchev–Trinajstić information content (AvgIpc) is 2.46. The largest absolute Gasteiger partial charge is 0.299 e. The van der Waals surface area contributed by atoms with Crippen LogP contribution in [-0.4, -0.2) is 22.3 Å².